The lowest BCUT2D eigenvalue weighted by atomic mass is 10.0. The molecule has 0 radical (unpaired) electrons. The van der Waals surface area contributed by atoms with Crippen molar-refractivity contribution in [1.82, 2.24) is 0 Å². The molecule has 9 heteroatoms. The van der Waals surface area contributed by atoms with E-state index in [0.29, 0.717) is 5.56 Å². The van der Waals surface area contributed by atoms with E-state index in [-0.39, 0.29) is 17.7 Å². The van der Waals surface area contributed by atoms with Gasteiger partial charge in [0.2, 0.25) is 0 Å². The number of alkyl halides is 2. The first-order valence-corrected chi connectivity index (χ1v) is 12.0. The summed E-state index contributed by atoms with van der Waals surface area (Å²) in [6.45, 7) is -0.327. The van der Waals surface area contributed by atoms with Crippen LogP contribution in [0.5, 0.6) is 0 Å². The van der Waals surface area contributed by atoms with E-state index in [1.807, 2.05) is 0 Å². The Morgan fingerprint density at radius 1 is 0.639 bits per heavy atom. The molecule has 3 aromatic rings. The predicted octanol–water partition coefficient (Wildman–Crippen LogP) is 4.87. The molecule has 0 unspecified atom stereocenters. The molecule has 0 amide bonds. The fourth-order valence-corrected chi connectivity index (χ4v) is 4.15. The maximum absolute atomic E-state index is 12.9. The summed E-state index contributed by atoms with van der Waals surface area (Å²) < 4.78 is 22.5. The molecule has 1 aliphatic heterocycles. The van der Waals surface area contributed by atoms with Gasteiger partial charge in [0.15, 0.2) is 17.8 Å². The number of ether oxygens (including phenoxy) is 4. The number of hydrogen-bond donors (Lipinski definition) is 0. The molecular formula is C27H22Cl2O7. The van der Waals surface area contributed by atoms with Crippen molar-refractivity contribution in [3.05, 3.63) is 108 Å². The van der Waals surface area contributed by atoms with Crippen molar-refractivity contribution >= 4 is 41.1 Å². The Balaban J connectivity index is 1.57. The molecular weight excluding hydrogens is 507 g/mol. The van der Waals surface area contributed by atoms with E-state index in [0.717, 1.165) is 0 Å². The Morgan fingerprint density at radius 3 is 1.53 bits per heavy atom. The smallest absolute Gasteiger partial charge is 0.338 e. The van der Waals surface area contributed by atoms with Crippen molar-refractivity contribution < 1.29 is 33.3 Å². The minimum atomic E-state index is -1.22. The van der Waals surface area contributed by atoms with Gasteiger partial charge < -0.3 is 18.9 Å². The zero-order valence-corrected chi connectivity index (χ0v) is 20.4. The van der Waals surface area contributed by atoms with Crippen molar-refractivity contribution in [3.63, 3.8) is 0 Å². The lowest BCUT2D eigenvalue weighted by molar-refractivity contribution is -0.161. The van der Waals surface area contributed by atoms with E-state index in [1.54, 1.807) is 91.0 Å². The SMILES string of the molecule is O=C(OC[C@H]1O[C@H](Cl)[C@@H](Cl)[C@@H](OC(=O)c2ccccc2)[C@@H]1OC(=O)c1ccccc1)c1ccccc1. The van der Waals surface area contributed by atoms with Crippen LogP contribution in [0.4, 0.5) is 0 Å². The van der Waals surface area contributed by atoms with Crippen molar-refractivity contribution in [2.24, 2.45) is 0 Å². The Hall–Kier alpha value is -3.39. The maximum Gasteiger partial charge on any atom is 0.338 e. The van der Waals surface area contributed by atoms with Crippen LogP contribution in [0, 0.1) is 0 Å². The van der Waals surface area contributed by atoms with Gasteiger partial charge in [0.05, 0.1) is 16.7 Å². The standard InChI is InChI=1S/C27H22Cl2O7/c28-21-23(36-27(32)19-14-8-3-9-15-19)22(35-26(31)18-12-6-2-7-13-18)20(34-24(21)29)16-33-25(30)17-10-4-1-5-11-17/h1-15,20-24H,16H2/t20-,21+,22-,23-,24+/m1/s1. The third-order valence-corrected chi connectivity index (χ3v) is 6.43. The molecule has 0 spiro atoms. The first kappa shape index (κ1) is 25.7. The van der Waals surface area contributed by atoms with Crippen LogP contribution >= 0.6 is 23.2 Å². The van der Waals surface area contributed by atoms with Crippen LogP contribution in [-0.4, -0.2) is 53.8 Å². The molecule has 3 aromatic carbocycles. The highest BCUT2D eigenvalue weighted by Gasteiger charge is 2.49. The summed E-state index contributed by atoms with van der Waals surface area (Å²) in [7, 11) is 0. The summed E-state index contributed by atoms with van der Waals surface area (Å²) in [6, 6.07) is 24.9. The fourth-order valence-electron chi connectivity index (χ4n) is 3.62. The first-order chi connectivity index (χ1) is 17.4. The molecule has 0 aromatic heterocycles. The second-order valence-corrected chi connectivity index (χ2v) is 8.84. The minimum Gasteiger partial charge on any atom is -0.459 e. The highest BCUT2D eigenvalue weighted by Crippen LogP contribution is 2.33. The summed E-state index contributed by atoms with van der Waals surface area (Å²) in [5.74, 6) is -1.98. The molecule has 1 saturated heterocycles. The quantitative estimate of drug-likeness (QED) is 0.245. The Kier molecular flexibility index (Phi) is 8.59. The first-order valence-electron chi connectivity index (χ1n) is 11.1. The molecule has 0 bridgehead atoms. The molecule has 0 N–H and O–H groups in total. The van der Waals surface area contributed by atoms with Gasteiger partial charge in [-0.05, 0) is 36.4 Å². The van der Waals surface area contributed by atoms with Crippen LogP contribution in [0.25, 0.3) is 0 Å². The molecule has 0 aliphatic carbocycles. The highest BCUT2D eigenvalue weighted by atomic mass is 35.5. The second kappa shape index (κ2) is 12.0. The van der Waals surface area contributed by atoms with E-state index >= 15 is 0 Å². The number of esters is 3. The summed E-state index contributed by atoms with van der Waals surface area (Å²) >= 11 is 12.8. The number of carbonyl (C=O) groups is 3. The van der Waals surface area contributed by atoms with Gasteiger partial charge in [-0.15, -0.1) is 11.6 Å². The van der Waals surface area contributed by atoms with Crippen molar-refractivity contribution in [2.75, 3.05) is 6.61 Å². The molecule has 4 rings (SSSR count). The monoisotopic (exact) mass is 528 g/mol. The summed E-state index contributed by atoms with van der Waals surface area (Å²) in [5, 5.41) is -1.06. The van der Waals surface area contributed by atoms with E-state index in [2.05, 4.69) is 0 Å². The van der Waals surface area contributed by atoms with Gasteiger partial charge in [-0.25, -0.2) is 14.4 Å². The number of rotatable bonds is 7. The predicted molar refractivity (Wildman–Crippen MR) is 132 cm³/mol. The topological polar surface area (TPSA) is 88.1 Å². The molecule has 0 saturated carbocycles. The molecule has 5 atom stereocenters. The maximum atomic E-state index is 12.9. The van der Waals surface area contributed by atoms with Crippen LogP contribution in [0.1, 0.15) is 31.1 Å². The van der Waals surface area contributed by atoms with E-state index in [9.17, 15) is 14.4 Å². The highest BCUT2D eigenvalue weighted by molar-refractivity contribution is 6.29. The van der Waals surface area contributed by atoms with Gasteiger partial charge in [-0.2, -0.15) is 0 Å². The van der Waals surface area contributed by atoms with Crippen molar-refractivity contribution in [1.29, 1.82) is 0 Å². The molecule has 186 valence electrons. The summed E-state index contributed by atoms with van der Waals surface area (Å²) in [4.78, 5) is 38.2. The van der Waals surface area contributed by atoms with Crippen molar-refractivity contribution in [3.8, 4) is 0 Å². The van der Waals surface area contributed by atoms with E-state index < -0.39 is 47.2 Å². The number of halogens is 2. The molecule has 1 heterocycles. The van der Waals surface area contributed by atoms with E-state index in [1.165, 1.54) is 0 Å². The fraction of sp³-hybridized carbons (Fsp3) is 0.222. The Bertz CT molecular complexity index is 1170. The average molecular weight is 529 g/mol. The van der Waals surface area contributed by atoms with Crippen LogP contribution < -0.4 is 0 Å². The Labute approximate surface area is 217 Å². The second-order valence-electron chi connectivity index (χ2n) is 7.91. The zero-order chi connectivity index (χ0) is 25.5. The molecule has 1 aliphatic rings. The van der Waals surface area contributed by atoms with Gasteiger partial charge in [0.1, 0.15) is 18.1 Å². The van der Waals surface area contributed by atoms with Crippen molar-refractivity contribution in [2.45, 2.75) is 29.3 Å². The number of carbonyl (C=O) groups excluding carboxylic acids is 3. The van der Waals surface area contributed by atoms with Crippen LogP contribution in [0.15, 0.2) is 91.0 Å². The largest absolute Gasteiger partial charge is 0.459 e. The molecule has 7 nitrogen and oxygen atoms in total. The average Bonchev–Trinajstić information content (AvgIpc) is 2.92. The van der Waals surface area contributed by atoms with Crippen LogP contribution in [-0.2, 0) is 18.9 Å². The van der Waals surface area contributed by atoms with Gasteiger partial charge in [0.25, 0.3) is 0 Å². The third-order valence-electron chi connectivity index (χ3n) is 5.45. The molecule has 1 fully saturated rings. The van der Waals surface area contributed by atoms with Crippen LogP contribution in [0.2, 0.25) is 0 Å². The Morgan fingerprint density at radius 2 is 1.06 bits per heavy atom. The van der Waals surface area contributed by atoms with Gasteiger partial charge >= 0.3 is 17.9 Å². The van der Waals surface area contributed by atoms with Crippen LogP contribution in [0.3, 0.4) is 0 Å². The van der Waals surface area contributed by atoms with Gasteiger partial charge in [0, 0.05) is 0 Å². The lowest BCUT2D eigenvalue weighted by Gasteiger charge is -2.41. The van der Waals surface area contributed by atoms with Gasteiger partial charge in [-0.3, -0.25) is 0 Å². The molecule has 36 heavy (non-hydrogen) atoms. The normalized spacial score (nSPS) is 23.3. The zero-order valence-electron chi connectivity index (χ0n) is 18.9. The number of hydrogen-bond acceptors (Lipinski definition) is 7. The summed E-state index contributed by atoms with van der Waals surface area (Å²) in [5.41, 5.74) is -0.243. The minimum absolute atomic E-state index is 0.268. The lowest BCUT2D eigenvalue weighted by Crippen LogP contribution is -2.58. The summed E-state index contributed by atoms with van der Waals surface area (Å²) in [6.07, 6.45) is -3.47. The third kappa shape index (κ3) is 6.23. The number of benzene rings is 3. The van der Waals surface area contributed by atoms with E-state index in [4.69, 9.17) is 42.1 Å². The van der Waals surface area contributed by atoms with Gasteiger partial charge in [-0.1, -0.05) is 66.2 Å².